The summed E-state index contributed by atoms with van der Waals surface area (Å²) in [5, 5.41) is 0. The first-order valence-electron chi connectivity index (χ1n) is 13.4. The van der Waals surface area contributed by atoms with Crippen LogP contribution in [-0.2, 0) is 19.0 Å². The molecule has 0 aliphatic heterocycles. The lowest BCUT2D eigenvalue weighted by atomic mass is 9.98. The van der Waals surface area contributed by atoms with Gasteiger partial charge in [-0.1, -0.05) is 94.0 Å². The third kappa shape index (κ3) is 8.37. The first-order valence-corrected chi connectivity index (χ1v) is 13.4. The Bertz CT molecular complexity index is 914. The largest absolute Gasteiger partial charge is 0.463 e. The van der Waals surface area contributed by atoms with Gasteiger partial charge in [-0.2, -0.15) is 0 Å². The Morgan fingerprint density at radius 2 is 1.39 bits per heavy atom. The lowest BCUT2D eigenvalue weighted by Gasteiger charge is -2.19. The van der Waals surface area contributed by atoms with Crippen LogP contribution in [0.25, 0.3) is 11.1 Å². The Kier molecular flexibility index (Phi) is 11.8. The molecule has 1 aliphatic carbocycles. The van der Waals surface area contributed by atoms with Crippen LogP contribution < -0.4 is 0 Å². The first kappa shape index (κ1) is 27.7. The van der Waals surface area contributed by atoms with Crippen LogP contribution in [0.15, 0.2) is 48.5 Å². The minimum absolute atomic E-state index is 0.0433. The molecule has 0 aromatic heterocycles. The first-order chi connectivity index (χ1) is 17.6. The predicted molar refractivity (Wildman–Crippen MR) is 142 cm³/mol. The maximum Gasteiger partial charge on any atom is 0.409 e. The van der Waals surface area contributed by atoms with E-state index in [9.17, 15) is 9.59 Å². The highest BCUT2D eigenvalue weighted by atomic mass is 16.6. The summed E-state index contributed by atoms with van der Waals surface area (Å²) in [5.41, 5.74) is 4.80. The number of benzene rings is 2. The van der Waals surface area contributed by atoms with Gasteiger partial charge in [0, 0.05) is 25.9 Å². The minimum atomic E-state index is -0.374. The van der Waals surface area contributed by atoms with E-state index >= 15 is 0 Å². The van der Waals surface area contributed by atoms with Crippen molar-refractivity contribution in [2.24, 2.45) is 0 Å². The number of fused-ring (bicyclic) bond motifs is 3. The number of esters is 1. The van der Waals surface area contributed by atoms with E-state index in [-0.39, 0.29) is 24.6 Å². The maximum atomic E-state index is 12.5. The summed E-state index contributed by atoms with van der Waals surface area (Å²) in [5.74, 6) is -0.121. The van der Waals surface area contributed by atoms with E-state index in [1.54, 1.807) is 7.05 Å². The molecule has 1 amide bonds. The summed E-state index contributed by atoms with van der Waals surface area (Å²) in [4.78, 5) is 25.8. The highest BCUT2D eigenvalue weighted by molar-refractivity contribution is 5.79. The number of unbranched alkanes of at least 4 members (excludes halogenated alkanes) is 6. The summed E-state index contributed by atoms with van der Waals surface area (Å²) in [6.45, 7) is 3.83. The van der Waals surface area contributed by atoms with E-state index in [0.717, 1.165) is 12.8 Å². The van der Waals surface area contributed by atoms with Crippen molar-refractivity contribution in [3.8, 4) is 11.1 Å². The zero-order chi connectivity index (χ0) is 25.6. The molecule has 0 saturated heterocycles. The lowest BCUT2D eigenvalue weighted by Crippen LogP contribution is -2.32. The molecule has 0 radical (unpaired) electrons. The van der Waals surface area contributed by atoms with Crippen molar-refractivity contribution in [2.45, 2.75) is 64.2 Å². The summed E-state index contributed by atoms with van der Waals surface area (Å²) >= 11 is 0. The van der Waals surface area contributed by atoms with E-state index in [2.05, 4.69) is 31.2 Å². The van der Waals surface area contributed by atoms with Crippen LogP contribution in [0, 0.1) is 0 Å². The summed E-state index contributed by atoms with van der Waals surface area (Å²) in [7, 11) is 1.70. The van der Waals surface area contributed by atoms with Crippen LogP contribution in [0.4, 0.5) is 4.79 Å². The standard InChI is InChI=1S/C30H41NO5/c1-3-4-5-6-7-8-9-18-29(32)35-22-21-34-20-19-31(2)30(33)36-23-28-26-16-12-10-14-24(26)25-15-11-13-17-27(25)28/h10-17,28H,3-9,18-23H2,1-2H3. The Hall–Kier alpha value is -2.86. The van der Waals surface area contributed by atoms with Gasteiger partial charge in [0.25, 0.3) is 0 Å². The van der Waals surface area contributed by atoms with Gasteiger partial charge in [0.1, 0.15) is 13.2 Å². The molecule has 0 heterocycles. The van der Waals surface area contributed by atoms with Gasteiger partial charge in [-0.3, -0.25) is 4.79 Å². The smallest absolute Gasteiger partial charge is 0.409 e. The van der Waals surface area contributed by atoms with Crippen molar-refractivity contribution < 1.29 is 23.8 Å². The molecule has 0 atom stereocenters. The van der Waals surface area contributed by atoms with E-state index < -0.39 is 0 Å². The lowest BCUT2D eigenvalue weighted by molar-refractivity contribution is -0.145. The van der Waals surface area contributed by atoms with Gasteiger partial charge in [0.05, 0.1) is 13.2 Å². The molecule has 2 aromatic rings. The van der Waals surface area contributed by atoms with E-state index in [1.807, 2.05) is 24.3 Å². The highest BCUT2D eigenvalue weighted by Crippen LogP contribution is 2.44. The molecule has 1 aliphatic rings. The van der Waals surface area contributed by atoms with Crippen molar-refractivity contribution in [3.05, 3.63) is 59.7 Å². The molecule has 0 saturated carbocycles. The molecule has 36 heavy (non-hydrogen) atoms. The number of ether oxygens (including phenoxy) is 3. The normalized spacial score (nSPS) is 12.2. The van der Waals surface area contributed by atoms with Gasteiger partial charge >= 0.3 is 12.1 Å². The van der Waals surface area contributed by atoms with Crippen molar-refractivity contribution >= 4 is 12.1 Å². The molecule has 0 N–H and O–H groups in total. The van der Waals surface area contributed by atoms with Crippen LogP contribution in [-0.4, -0.2) is 57.0 Å². The SMILES string of the molecule is CCCCCCCCCC(=O)OCCOCCN(C)C(=O)OCC1c2ccccc2-c2ccccc21. The Morgan fingerprint density at radius 1 is 0.778 bits per heavy atom. The zero-order valence-corrected chi connectivity index (χ0v) is 21.9. The summed E-state index contributed by atoms with van der Waals surface area (Å²) in [6.07, 6.45) is 8.33. The molecule has 196 valence electrons. The van der Waals surface area contributed by atoms with Crippen LogP contribution >= 0.6 is 0 Å². The second kappa shape index (κ2) is 15.3. The molecular weight excluding hydrogens is 454 g/mol. The Morgan fingerprint density at radius 3 is 2.06 bits per heavy atom. The van der Waals surface area contributed by atoms with Gasteiger partial charge in [-0.15, -0.1) is 0 Å². The third-order valence-corrected chi connectivity index (χ3v) is 6.69. The third-order valence-electron chi connectivity index (χ3n) is 6.69. The van der Waals surface area contributed by atoms with Gasteiger partial charge < -0.3 is 19.1 Å². The molecule has 0 bridgehead atoms. The zero-order valence-electron chi connectivity index (χ0n) is 21.9. The molecule has 0 unspecified atom stereocenters. The molecule has 0 fully saturated rings. The molecule has 6 nitrogen and oxygen atoms in total. The average molecular weight is 496 g/mol. The summed E-state index contributed by atoms with van der Waals surface area (Å²) in [6, 6.07) is 16.6. The number of nitrogens with zero attached hydrogens (tertiary/aromatic N) is 1. The van der Waals surface area contributed by atoms with E-state index in [4.69, 9.17) is 14.2 Å². The quantitative estimate of drug-likeness (QED) is 0.195. The van der Waals surface area contributed by atoms with Crippen LogP contribution in [0.2, 0.25) is 0 Å². The molecule has 3 rings (SSSR count). The second-order valence-corrected chi connectivity index (χ2v) is 9.43. The van der Waals surface area contributed by atoms with Crippen LogP contribution in [0.3, 0.4) is 0 Å². The monoisotopic (exact) mass is 495 g/mol. The fourth-order valence-electron chi connectivity index (χ4n) is 4.61. The van der Waals surface area contributed by atoms with Crippen molar-refractivity contribution in [2.75, 3.05) is 40.0 Å². The van der Waals surface area contributed by atoms with Crippen molar-refractivity contribution in [3.63, 3.8) is 0 Å². The fraction of sp³-hybridized carbons (Fsp3) is 0.533. The topological polar surface area (TPSA) is 65.1 Å². The van der Waals surface area contributed by atoms with Crippen LogP contribution in [0.1, 0.15) is 75.3 Å². The Balaban J connectivity index is 1.25. The number of amides is 1. The molecule has 2 aromatic carbocycles. The van der Waals surface area contributed by atoms with Gasteiger partial charge in [-0.05, 0) is 28.7 Å². The maximum absolute atomic E-state index is 12.5. The molecular formula is C30H41NO5. The number of hydrogen-bond donors (Lipinski definition) is 0. The number of likely N-dealkylation sites (N-methyl/N-ethyl adjacent to an activating group) is 1. The predicted octanol–water partition coefficient (Wildman–Crippen LogP) is 6.57. The number of rotatable bonds is 16. The summed E-state index contributed by atoms with van der Waals surface area (Å²) < 4.78 is 16.4. The average Bonchev–Trinajstić information content (AvgIpc) is 3.22. The molecule has 6 heteroatoms. The van der Waals surface area contributed by atoms with E-state index in [0.29, 0.717) is 32.8 Å². The van der Waals surface area contributed by atoms with Crippen molar-refractivity contribution in [1.82, 2.24) is 4.90 Å². The number of carbonyl (C=O) groups excluding carboxylic acids is 2. The van der Waals surface area contributed by atoms with Gasteiger partial charge in [0.15, 0.2) is 0 Å². The fourth-order valence-corrected chi connectivity index (χ4v) is 4.61. The number of hydrogen-bond acceptors (Lipinski definition) is 5. The highest BCUT2D eigenvalue weighted by Gasteiger charge is 2.29. The van der Waals surface area contributed by atoms with Crippen LogP contribution in [0.5, 0.6) is 0 Å². The number of carbonyl (C=O) groups is 2. The van der Waals surface area contributed by atoms with E-state index in [1.165, 1.54) is 59.3 Å². The Labute approximate surface area is 215 Å². The second-order valence-electron chi connectivity index (χ2n) is 9.43. The van der Waals surface area contributed by atoms with Gasteiger partial charge in [0.2, 0.25) is 0 Å². The minimum Gasteiger partial charge on any atom is -0.463 e. The van der Waals surface area contributed by atoms with Crippen molar-refractivity contribution in [1.29, 1.82) is 0 Å². The molecule has 0 spiro atoms. The van der Waals surface area contributed by atoms with Gasteiger partial charge in [-0.25, -0.2) is 4.79 Å².